The Morgan fingerprint density at radius 2 is 1.79 bits per heavy atom. The Bertz CT molecular complexity index is 1370. The van der Waals surface area contributed by atoms with Gasteiger partial charge in [0.1, 0.15) is 5.82 Å². The van der Waals surface area contributed by atoms with Crippen LogP contribution in [0.25, 0.3) is 17.1 Å². The number of aromatic amines is 1. The second-order valence-corrected chi connectivity index (χ2v) is 8.40. The summed E-state index contributed by atoms with van der Waals surface area (Å²) in [6, 6.07) is 14.5. The first-order valence-corrected chi connectivity index (χ1v) is 10.9. The molecule has 6 nitrogen and oxygen atoms in total. The Balaban J connectivity index is 1.34. The first-order valence-electron chi connectivity index (χ1n) is 10.9. The van der Waals surface area contributed by atoms with Gasteiger partial charge in [0.25, 0.3) is 5.56 Å². The van der Waals surface area contributed by atoms with Crippen LogP contribution >= 0.6 is 0 Å². The van der Waals surface area contributed by atoms with Gasteiger partial charge in [-0.1, -0.05) is 30.3 Å². The number of rotatable bonds is 4. The van der Waals surface area contributed by atoms with Crippen molar-refractivity contribution in [1.29, 1.82) is 0 Å². The van der Waals surface area contributed by atoms with Crippen molar-refractivity contribution in [2.75, 3.05) is 6.54 Å². The monoisotopic (exact) mass is 465 g/mol. The van der Waals surface area contributed by atoms with E-state index in [1.165, 1.54) is 12.1 Å². The summed E-state index contributed by atoms with van der Waals surface area (Å²) in [5.41, 5.74) is 3.72. The SMILES string of the molecule is Cc1nn(-c2ccccc2)cc1CN1CCc2nc(-c3ccc(C(F)(F)F)cc3)[nH]c(=O)c2C1. The molecule has 174 valence electrons. The third-order valence-corrected chi connectivity index (χ3v) is 6.05. The lowest BCUT2D eigenvalue weighted by Gasteiger charge is -2.27. The van der Waals surface area contributed by atoms with E-state index in [4.69, 9.17) is 0 Å². The zero-order valence-corrected chi connectivity index (χ0v) is 18.4. The summed E-state index contributed by atoms with van der Waals surface area (Å²) < 4.78 is 40.4. The number of aromatic nitrogens is 4. The number of H-pyrrole nitrogens is 1. The minimum Gasteiger partial charge on any atom is -0.306 e. The number of hydrogen-bond acceptors (Lipinski definition) is 4. The molecule has 0 aliphatic carbocycles. The molecule has 1 aliphatic rings. The van der Waals surface area contributed by atoms with E-state index >= 15 is 0 Å². The van der Waals surface area contributed by atoms with Crippen molar-refractivity contribution in [2.45, 2.75) is 32.6 Å². The molecule has 2 aromatic carbocycles. The van der Waals surface area contributed by atoms with Crippen LogP contribution in [0.1, 0.15) is 28.1 Å². The fourth-order valence-corrected chi connectivity index (χ4v) is 4.17. The summed E-state index contributed by atoms with van der Waals surface area (Å²) in [5, 5.41) is 4.61. The van der Waals surface area contributed by atoms with E-state index in [-0.39, 0.29) is 11.4 Å². The molecule has 0 atom stereocenters. The third-order valence-electron chi connectivity index (χ3n) is 6.05. The topological polar surface area (TPSA) is 66.8 Å². The van der Waals surface area contributed by atoms with Crippen LogP contribution in [0.2, 0.25) is 0 Å². The van der Waals surface area contributed by atoms with Gasteiger partial charge in [0.15, 0.2) is 0 Å². The lowest BCUT2D eigenvalue weighted by molar-refractivity contribution is -0.137. The highest BCUT2D eigenvalue weighted by Crippen LogP contribution is 2.30. The van der Waals surface area contributed by atoms with Gasteiger partial charge in [-0.3, -0.25) is 9.69 Å². The average molecular weight is 465 g/mol. The second-order valence-electron chi connectivity index (χ2n) is 8.40. The quantitative estimate of drug-likeness (QED) is 0.482. The molecule has 0 spiro atoms. The first-order chi connectivity index (χ1) is 16.3. The highest BCUT2D eigenvalue weighted by atomic mass is 19.4. The number of benzene rings is 2. The van der Waals surface area contributed by atoms with Crippen LogP contribution in [0.4, 0.5) is 13.2 Å². The van der Waals surface area contributed by atoms with E-state index < -0.39 is 11.7 Å². The molecule has 0 amide bonds. The maximum absolute atomic E-state index is 12.8. The summed E-state index contributed by atoms with van der Waals surface area (Å²) in [7, 11) is 0. The molecule has 34 heavy (non-hydrogen) atoms. The first kappa shape index (κ1) is 22.1. The van der Waals surface area contributed by atoms with Gasteiger partial charge >= 0.3 is 6.18 Å². The number of halogens is 3. The zero-order chi connectivity index (χ0) is 23.9. The van der Waals surface area contributed by atoms with Gasteiger partial charge in [-0.25, -0.2) is 9.67 Å². The summed E-state index contributed by atoms with van der Waals surface area (Å²) >= 11 is 0. The van der Waals surface area contributed by atoms with E-state index in [0.29, 0.717) is 42.9 Å². The van der Waals surface area contributed by atoms with Crippen molar-refractivity contribution in [1.82, 2.24) is 24.6 Å². The van der Waals surface area contributed by atoms with Gasteiger partial charge in [-0.05, 0) is 31.2 Å². The molecule has 2 aromatic heterocycles. The molecular formula is C25H22F3N5O. The van der Waals surface area contributed by atoms with Crippen LogP contribution in [0.3, 0.4) is 0 Å². The molecule has 1 aliphatic heterocycles. The third kappa shape index (κ3) is 4.38. The summed E-state index contributed by atoms with van der Waals surface area (Å²) in [4.78, 5) is 22.3. The zero-order valence-electron chi connectivity index (χ0n) is 18.4. The minimum atomic E-state index is -4.41. The van der Waals surface area contributed by atoms with Gasteiger partial charge in [0.2, 0.25) is 0 Å². The standard InChI is InChI=1S/C25H22F3N5O/c1-16-18(14-33(31-16)20-5-3-2-4-6-20)13-32-12-11-22-21(15-32)24(34)30-23(29-22)17-7-9-19(10-8-17)25(26,27)28/h2-10,14H,11-13,15H2,1H3,(H,29,30,34). The van der Waals surface area contributed by atoms with E-state index in [1.807, 2.05) is 48.1 Å². The predicted molar refractivity (Wildman–Crippen MR) is 121 cm³/mol. The normalized spacial score (nSPS) is 14.2. The number of para-hydroxylation sites is 1. The summed E-state index contributed by atoms with van der Waals surface area (Å²) in [5.74, 6) is 0.283. The molecular weight excluding hydrogens is 443 g/mol. The van der Waals surface area contributed by atoms with Crippen LogP contribution in [-0.4, -0.2) is 31.2 Å². The summed E-state index contributed by atoms with van der Waals surface area (Å²) in [6.45, 7) is 3.78. The maximum Gasteiger partial charge on any atom is 0.416 e. The van der Waals surface area contributed by atoms with Crippen LogP contribution in [0, 0.1) is 6.92 Å². The van der Waals surface area contributed by atoms with Crippen molar-refractivity contribution >= 4 is 0 Å². The van der Waals surface area contributed by atoms with Gasteiger partial charge in [-0.2, -0.15) is 18.3 Å². The van der Waals surface area contributed by atoms with Crippen molar-refractivity contribution in [3.05, 3.63) is 99.2 Å². The predicted octanol–water partition coefficient (Wildman–Crippen LogP) is 4.51. The molecule has 4 aromatic rings. The lowest BCUT2D eigenvalue weighted by Crippen LogP contribution is -2.35. The molecule has 0 radical (unpaired) electrons. The number of fused-ring (bicyclic) bond motifs is 1. The fourth-order valence-electron chi connectivity index (χ4n) is 4.17. The van der Waals surface area contributed by atoms with Crippen molar-refractivity contribution < 1.29 is 13.2 Å². The molecule has 0 fully saturated rings. The number of aryl methyl sites for hydroxylation is 1. The van der Waals surface area contributed by atoms with Crippen LogP contribution in [0.5, 0.6) is 0 Å². The van der Waals surface area contributed by atoms with Crippen molar-refractivity contribution in [2.24, 2.45) is 0 Å². The minimum absolute atomic E-state index is 0.263. The van der Waals surface area contributed by atoms with Crippen LogP contribution in [0.15, 0.2) is 65.6 Å². The second kappa shape index (κ2) is 8.57. The van der Waals surface area contributed by atoms with E-state index in [1.54, 1.807) is 0 Å². The number of nitrogens with zero attached hydrogens (tertiary/aromatic N) is 4. The largest absolute Gasteiger partial charge is 0.416 e. The van der Waals surface area contributed by atoms with Gasteiger partial charge in [0, 0.05) is 43.4 Å². The average Bonchev–Trinajstić information content (AvgIpc) is 3.19. The Morgan fingerprint density at radius 1 is 1.06 bits per heavy atom. The van der Waals surface area contributed by atoms with Crippen molar-refractivity contribution in [3.8, 4) is 17.1 Å². The number of alkyl halides is 3. The molecule has 0 unspecified atom stereocenters. The van der Waals surface area contributed by atoms with Crippen LogP contribution in [-0.2, 0) is 25.7 Å². The molecule has 0 saturated heterocycles. The van der Waals surface area contributed by atoms with E-state index in [2.05, 4.69) is 20.0 Å². The fraction of sp³-hybridized carbons (Fsp3) is 0.240. The maximum atomic E-state index is 12.8. The number of nitrogens with one attached hydrogen (secondary N) is 1. The Labute approximate surface area is 193 Å². The number of hydrogen-bond donors (Lipinski definition) is 1. The smallest absolute Gasteiger partial charge is 0.306 e. The van der Waals surface area contributed by atoms with Crippen molar-refractivity contribution in [3.63, 3.8) is 0 Å². The van der Waals surface area contributed by atoms with E-state index in [9.17, 15) is 18.0 Å². The highest BCUT2D eigenvalue weighted by molar-refractivity contribution is 5.56. The molecule has 0 bridgehead atoms. The van der Waals surface area contributed by atoms with Gasteiger partial charge in [-0.15, -0.1) is 0 Å². The Morgan fingerprint density at radius 3 is 2.50 bits per heavy atom. The van der Waals surface area contributed by atoms with Gasteiger partial charge in [0.05, 0.1) is 28.2 Å². The van der Waals surface area contributed by atoms with E-state index in [0.717, 1.165) is 29.1 Å². The van der Waals surface area contributed by atoms with Gasteiger partial charge < -0.3 is 4.98 Å². The molecule has 5 rings (SSSR count). The molecule has 0 saturated carbocycles. The molecule has 9 heteroatoms. The highest BCUT2D eigenvalue weighted by Gasteiger charge is 2.30. The Kier molecular flexibility index (Phi) is 5.57. The molecule has 1 N–H and O–H groups in total. The lowest BCUT2D eigenvalue weighted by atomic mass is 10.1. The summed E-state index contributed by atoms with van der Waals surface area (Å²) in [6.07, 6.45) is -1.82. The Hall–Kier alpha value is -3.72. The molecule has 3 heterocycles. The van der Waals surface area contributed by atoms with Crippen LogP contribution < -0.4 is 5.56 Å².